The molecule has 1 aromatic rings. The maximum atomic E-state index is 13.5. The van der Waals surface area contributed by atoms with E-state index >= 15 is 0 Å². The summed E-state index contributed by atoms with van der Waals surface area (Å²) in [4.78, 5) is 53.2. The molecule has 1 aromatic heterocycles. The van der Waals surface area contributed by atoms with Crippen LogP contribution >= 0.6 is 0 Å². The second-order valence-corrected chi connectivity index (χ2v) is 9.03. The van der Waals surface area contributed by atoms with Crippen LogP contribution in [0.5, 0.6) is 0 Å². The molecule has 0 spiro atoms. The minimum Gasteiger partial charge on any atom is -0.394 e. The molecule has 0 unspecified atom stereocenters. The van der Waals surface area contributed by atoms with E-state index in [4.69, 9.17) is 9.47 Å². The molecule has 14 nitrogen and oxygen atoms in total. The number of aliphatic hydroxyl groups is 4. The lowest BCUT2D eigenvalue weighted by molar-refractivity contribution is -0.135. The van der Waals surface area contributed by atoms with Gasteiger partial charge in [-0.05, 0) is 13.8 Å². The van der Waals surface area contributed by atoms with Crippen molar-refractivity contribution in [1.29, 1.82) is 0 Å². The van der Waals surface area contributed by atoms with Crippen molar-refractivity contribution in [3.8, 4) is 0 Å². The normalized spacial score (nSPS) is 36.2. The van der Waals surface area contributed by atoms with Gasteiger partial charge in [0, 0.05) is 24.6 Å². The smallest absolute Gasteiger partial charge is 0.334 e. The highest BCUT2D eigenvalue weighted by Gasteiger charge is 2.50. The average molecular weight is 484 g/mol. The van der Waals surface area contributed by atoms with Gasteiger partial charge in [-0.15, -0.1) is 0 Å². The number of aryl methyl sites for hydroxylation is 1. The second-order valence-electron chi connectivity index (χ2n) is 9.03. The molecule has 7 atom stereocenters. The summed E-state index contributed by atoms with van der Waals surface area (Å²) < 4.78 is 12.9. The third-order valence-electron chi connectivity index (χ3n) is 6.65. The van der Waals surface area contributed by atoms with Gasteiger partial charge in [0.05, 0.1) is 32.0 Å². The number of aliphatic hydroxyl groups excluding tert-OH is 4. The van der Waals surface area contributed by atoms with Crippen molar-refractivity contribution in [2.45, 2.75) is 69.1 Å². The standard InChI is InChI=1S/C20H28N4O10/c1-9-5-22(14-3-10(27)12(6-25)33-14)19(32)24(16(9)29)20(2)8-23(18(31)21-17(20)30)15-4-11(28)13(7-26)34-15/h5,10-15,25-28H,3-4,6-8H2,1-2H3,(H,21,30,31)/t10-,11-,12+,13+,14+,15+,20-/m0/s1. The van der Waals surface area contributed by atoms with Crippen LogP contribution in [0.3, 0.4) is 0 Å². The molecular formula is C20H28N4O10. The molecule has 14 heteroatoms. The number of hydrogen-bond acceptors (Lipinski definition) is 10. The average Bonchev–Trinajstić information content (AvgIpc) is 3.35. The van der Waals surface area contributed by atoms with Crippen LogP contribution in [-0.4, -0.2) is 96.8 Å². The highest BCUT2D eigenvalue weighted by atomic mass is 16.5. The van der Waals surface area contributed by atoms with Crippen molar-refractivity contribution in [2.24, 2.45) is 0 Å². The zero-order valence-electron chi connectivity index (χ0n) is 18.7. The topological polar surface area (TPSA) is 193 Å². The van der Waals surface area contributed by atoms with E-state index in [1.165, 1.54) is 20.0 Å². The Bertz CT molecular complexity index is 1100. The Morgan fingerprint density at radius 1 is 1.03 bits per heavy atom. The summed E-state index contributed by atoms with van der Waals surface area (Å²) in [6.07, 6.45) is -4.70. The third-order valence-corrected chi connectivity index (χ3v) is 6.65. The summed E-state index contributed by atoms with van der Waals surface area (Å²) in [5.74, 6) is -0.886. The van der Waals surface area contributed by atoms with Crippen molar-refractivity contribution in [3.05, 3.63) is 32.6 Å². The third kappa shape index (κ3) is 3.85. The molecule has 0 bridgehead atoms. The number of nitrogens with zero attached hydrogens (tertiary/aromatic N) is 3. The van der Waals surface area contributed by atoms with Crippen molar-refractivity contribution in [1.82, 2.24) is 19.4 Å². The monoisotopic (exact) mass is 484 g/mol. The summed E-state index contributed by atoms with van der Waals surface area (Å²) in [6.45, 7) is 1.40. The Kier molecular flexibility index (Phi) is 6.39. The Balaban J connectivity index is 1.74. The second kappa shape index (κ2) is 8.87. The summed E-state index contributed by atoms with van der Waals surface area (Å²) in [5, 5.41) is 41.0. The molecular weight excluding hydrogens is 456 g/mol. The zero-order valence-corrected chi connectivity index (χ0v) is 18.7. The van der Waals surface area contributed by atoms with E-state index in [1.807, 2.05) is 0 Å². The van der Waals surface area contributed by atoms with E-state index in [0.717, 1.165) is 14.0 Å². The van der Waals surface area contributed by atoms with Gasteiger partial charge in [-0.2, -0.15) is 0 Å². The van der Waals surface area contributed by atoms with Crippen LogP contribution in [0, 0.1) is 6.92 Å². The van der Waals surface area contributed by atoms with Gasteiger partial charge in [0.25, 0.3) is 11.5 Å². The van der Waals surface area contributed by atoms with Crippen LogP contribution < -0.4 is 16.6 Å². The van der Waals surface area contributed by atoms with E-state index in [0.29, 0.717) is 0 Å². The predicted molar refractivity (Wildman–Crippen MR) is 112 cm³/mol. The molecule has 0 aliphatic carbocycles. The molecule has 0 aromatic carbocycles. The Morgan fingerprint density at radius 2 is 1.59 bits per heavy atom. The number of urea groups is 1. The van der Waals surface area contributed by atoms with Crippen LogP contribution in [-0.2, 0) is 19.8 Å². The minimum absolute atomic E-state index is 0.0212. The first-order valence-electron chi connectivity index (χ1n) is 10.9. The number of nitrogens with one attached hydrogen (secondary N) is 1. The lowest BCUT2D eigenvalue weighted by Crippen LogP contribution is -2.69. The highest BCUT2D eigenvalue weighted by Crippen LogP contribution is 2.30. The highest BCUT2D eigenvalue weighted by molar-refractivity contribution is 6.01. The number of ether oxygens (including phenoxy) is 2. The van der Waals surface area contributed by atoms with Crippen molar-refractivity contribution in [2.75, 3.05) is 19.8 Å². The number of carbonyl (C=O) groups excluding carboxylic acids is 2. The number of amides is 3. The number of rotatable bonds is 5. The van der Waals surface area contributed by atoms with E-state index < -0.39 is 85.4 Å². The van der Waals surface area contributed by atoms with Gasteiger partial charge in [-0.1, -0.05) is 0 Å². The van der Waals surface area contributed by atoms with Gasteiger partial charge in [-0.3, -0.25) is 24.4 Å². The number of carbonyl (C=O) groups is 2. The molecule has 3 fully saturated rings. The largest absolute Gasteiger partial charge is 0.394 e. The van der Waals surface area contributed by atoms with Gasteiger partial charge in [0.2, 0.25) is 0 Å². The molecule has 188 valence electrons. The predicted octanol–water partition coefficient (Wildman–Crippen LogP) is -3.31. The molecule has 3 aliphatic rings. The molecule has 5 N–H and O–H groups in total. The van der Waals surface area contributed by atoms with Crippen LogP contribution in [0.2, 0.25) is 0 Å². The molecule has 3 aliphatic heterocycles. The Hall–Kier alpha value is -2.62. The summed E-state index contributed by atoms with van der Waals surface area (Å²) >= 11 is 0. The van der Waals surface area contributed by atoms with Crippen LogP contribution in [0.15, 0.2) is 15.8 Å². The lowest BCUT2D eigenvalue weighted by Gasteiger charge is -2.41. The molecule has 3 amide bonds. The zero-order chi connectivity index (χ0) is 24.9. The Labute approximate surface area is 192 Å². The van der Waals surface area contributed by atoms with Gasteiger partial charge in [0.15, 0.2) is 0 Å². The maximum Gasteiger partial charge on any atom is 0.334 e. The number of aromatic nitrogens is 2. The summed E-state index contributed by atoms with van der Waals surface area (Å²) in [7, 11) is 0. The molecule has 3 saturated heterocycles. The molecule has 4 heterocycles. The van der Waals surface area contributed by atoms with Gasteiger partial charge in [0.1, 0.15) is 30.2 Å². The van der Waals surface area contributed by atoms with Crippen molar-refractivity contribution < 1.29 is 39.5 Å². The van der Waals surface area contributed by atoms with Crippen LogP contribution in [0.1, 0.15) is 31.6 Å². The fourth-order valence-electron chi connectivity index (χ4n) is 4.65. The first-order chi connectivity index (χ1) is 16.0. The van der Waals surface area contributed by atoms with E-state index in [-0.39, 0.29) is 18.4 Å². The van der Waals surface area contributed by atoms with Crippen LogP contribution in [0.25, 0.3) is 0 Å². The van der Waals surface area contributed by atoms with Crippen LogP contribution in [0.4, 0.5) is 4.79 Å². The molecule has 0 saturated carbocycles. The molecule has 0 radical (unpaired) electrons. The quantitative estimate of drug-likeness (QED) is 0.283. The van der Waals surface area contributed by atoms with E-state index in [2.05, 4.69) is 5.32 Å². The summed E-state index contributed by atoms with van der Waals surface area (Å²) in [5.41, 5.74) is -3.41. The first-order valence-corrected chi connectivity index (χ1v) is 10.9. The van der Waals surface area contributed by atoms with Gasteiger partial charge >= 0.3 is 11.7 Å². The lowest BCUT2D eigenvalue weighted by atomic mass is 9.97. The number of imide groups is 1. The maximum absolute atomic E-state index is 13.5. The summed E-state index contributed by atoms with van der Waals surface area (Å²) in [6, 6.07) is -0.827. The van der Waals surface area contributed by atoms with Gasteiger partial charge < -0.3 is 29.9 Å². The number of hydrogen-bond donors (Lipinski definition) is 5. The molecule has 4 rings (SSSR count). The minimum atomic E-state index is -1.85. The first kappa shape index (κ1) is 24.5. The molecule has 34 heavy (non-hydrogen) atoms. The SMILES string of the molecule is Cc1cn([C@H]2C[C@H](O)[C@@H](CO)O2)c(=O)n([C@@]2(C)CN([C@H]3C[C@H](O)[C@@H](CO)O3)C(=O)NC2=O)c1=O. The fraction of sp³-hybridized carbons (Fsp3) is 0.700. The van der Waals surface area contributed by atoms with E-state index in [9.17, 15) is 39.6 Å². The van der Waals surface area contributed by atoms with Gasteiger partial charge in [-0.25, -0.2) is 14.2 Å². The fourth-order valence-corrected chi connectivity index (χ4v) is 4.65. The van der Waals surface area contributed by atoms with Crippen molar-refractivity contribution >= 4 is 11.9 Å². The Morgan fingerprint density at radius 3 is 2.15 bits per heavy atom. The van der Waals surface area contributed by atoms with Crippen molar-refractivity contribution in [3.63, 3.8) is 0 Å². The van der Waals surface area contributed by atoms with E-state index in [1.54, 1.807) is 0 Å².